The van der Waals surface area contributed by atoms with E-state index in [0.717, 1.165) is 0 Å². The molecule has 1 saturated heterocycles. The van der Waals surface area contributed by atoms with Crippen LogP contribution in [0.1, 0.15) is 23.4 Å². The van der Waals surface area contributed by atoms with E-state index in [4.69, 9.17) is 4.52 Å². The van der Waals surface area contributed by atoms with Crippen molar-refractivity contribution in [3.63, 3.8) is 0 Å². The Morgan fingerprint density at radius 2 is 1.93 bits per heavy atom. The van der Waals surface area contributed by atoms with E-state index in [2.05, 4.69) is 5.16 Å². The van der Waals surface area contributed by atoms with Gasteiger partial charge >= 0.3 is 0 Å². The third-order valence-electron chi connectivity index (χ3n) is 4.67. The van der Waals surface area contributed by atoms with Crippen molar-refractivity contribution in [2.24, 2.45) is 0 Å². The summed E-state index contributed by atoms with van der Waals surface area (Å²) in [7, 11) is -3.74. The van der Waals surface area contributed by atoms with Crippen molar-refractivity contribution in [1.29, 1.82) is 0 Å². The molecule has 0 spiro atoms. The molecule has 0 unspecified atom stereocenters. The number of carbonyl (C=O) groups is 1. The number of sulfonamides is 1. The predicted molar refractivity (Wildman–Crippen MR) is 96.0 cm³/mol. The number of aromatic nitrogens is 1. The minimum atomic E-state index is -3.74. The van der Waals surface area contributed by atoms with E-state index in [0.29, 0.717) is 30.8 Å². The first-order valence-corrected chi connectivity index (χ1v) is 10.2. The summed E-state index contributed by atoms with van der Waals surface area (Å²) in [5.41, 5.74) is 0.663. The molecule has 1 amide bonds. The number of hydrogen-bond acceptors (Lipinski definition) is 5. The number of rotatable bonds is 4. The van der Waals surface area contributed by atoms with E-state index in [-0.39, 0.29) is 36.1 Å². The molecule has 2 heterocycles. The average Bonchev–Trinajstić information content (AvgIpc) is 2.83. The molecule has 1 aliphatic rings. The van der Waals surface area contributed by atoms with Crippen LogP contribution in [-0.2, 0) is 21.2 Å². The summed E-state index contributed by atoms with van der Waals surface area (Å²) in [5.74, 6) is -0.371. The number of aryl methyl sites for hydroxylation is 2. The Morgan fingerprint density at radius 1 is 1.19 bits per heavy atom. The number of nitrogens with zero attached hydrogens (tertiary/aromatic N) is 3. The average molecular weight is 395 g/mol. The number of benzene rings is 1. The van der Waals surface area contributed by atoms with Gasteiger partial charge < -0.3 is 9.42 Å². The topological polar surface area (TPSA) is 83.7 Å². The molecule has 146 valence electrons. The zero-order valence-electron chi connectivity index (χ0n) is 15.3. The SMILES string of the molecule is Cc1noc(C)c1S(=O)(=O)N1CCCN(C(=O)Cc2ccccc2F)CC1. The van der Waals surface area contributed by atoms with Crippen LogP contribution in [-0.4, -0.2) is 54.9 Å². The minimum Gasteiger partial charge on any atom is -0.360 e. The fraction of sp³-hybridized carbons (Fsp3) is 0.444. The second kappa shape index (κ2) is 7.77. The van der Waals surface area contributed by atoms with Gasteiger partial charge in [-0.3, -0.25) is 4.79 Å². The van der Waals surface area contributed by atoms with Gasteiger partial charge in [-0.2, -0.15) is 4.31 Å². The fourth-order valence-electron chi connectivity index (χ4n) is 3.27. The monoisotopic (exact) mass is 395 g/mol. The van der Waals surface area contributed by atoms with E-state index in [1.54, 1.807) is 36.9 Å². The van der Waals surface area contributed by atoms with Gasteiger partial charge in [-0.15, -0.1) is 0 Å². The van der Waals surface area contributed by atoms with Crippen LogP contribution < -0.4 is 0 Å². The van der Waals surface area contributed by atoms with Crippen LogP contribution in [0.2, 0.25) is 0 Å². The molecule has 1 fully saturated rings. The lowest BCUT2D eigenvalue weighted by Crippen LogP contribution is -2.38. The zero-order valence-corrected chi connectivity index (χ0v) is 16.1. The standard InChI is InChI=1S/C18H22FN3O4S/c1-13-18(14(2)26-20-13)27(24,25)22-9-5-8-21(10-11-22)17(23)12-15-6-3-4-7-16(15)19/h3-4,6-7H,5,8-12H2,1-2H3. The highest BCUT2D eigenvalue weighted by Gasteiger charge is 2.32. The Kier molecular flexibility index (Phi) is 5.61. The van der Waals surface area contributed by atoms with Crippen LogP contribution in [0.4, 0.5) is 4.39 Å². The molecule has 1 aliphatic heterocycles. The molecule has 0 aliphatic carbocycles. The Balaban J connectivity index is 1.70. The van der Waals surface area contributed by atoms with E-state index >= 15 is 0 Å². The first-order chi connectivity index (χ1) is 12.8. The molecule has 1 aromatic carbocycles. The summed E-state index contributed by atoms with van der Waals surface area (Å²) < 4.78 is 46.0. The van der Waals surface area contributed by atoms with Crippen LogP contribution in [0.5, 0.6) is 0 Å². The van der Waals surface area contributed by atoms with Gasteiger partial charge in [0.05, 0.1) is 6.42 Å². The lowest BCUT2D eigenvalue weighted by atomic mass is 10.1. The van der Waals surface area contributed by atoms with E-state index < -0.39 is 15.8 Å². The molecule has 2 aromatic rings. The lowest BCUT2D eigenvalue weighted by Gasteiger charge is -2.22. The summed E-state index contributed by atoms with van der Waals surface area (Å²) in [5, 5.41) is 3.72. The molecule has 3 rings (SSSR count). The van der Waals surface area contributed by atoms with Gasteiger partial charge in [0.2, 0.25) is 15.9 Å². The number of halogens is 1. The minimum absolute atomic E-state index is 0.0384. The quantitative estimate of drug-likeness (QED) is 0.790. The Labute approximate surface area is 157 Å². The molecule has 0 radical (unpaired) electrons. The van der Waals surface area contributed by atoms with E-state index in [1.807, 2.05) is 0 Å². The number of hydrogen-bond donors (Lipinski definition) is 0. The van der Waals surface area contributed by atoms with Crippen molar-refractivity contribution in [3.05, 3.63) is 47.1 Å². The largest absolute Gasteiger partial charge is 0.360 e. The molecule has 0 saturated carbocycles. The third kappa shape index (κ3) is 4.03. The summed E-state index contributed by atoms with van der Waals surface area (Å²) >= 11 is 0. The van der Waals surface area contributed by atoms with E-state index in [1.165, 1.54) is 10.4 Å². The number of carbonyl (C=O) groups excluding carboxylic acids is 1. The first kappa shape index (κ1) is 19.5. The number of amides is 1. The Hall–Kier alpha value is -2.26. The highest BCUT2D eigenvalue weighted by Crippen LogP contribution is 2.24. The molecular formula is C18H22FN3O4S. The van der Waals surface area contributed by atoms with Crippen molar-refractivity contribution in [1.82, 2.24) is 14.4 Å². The van der Waals surface area contributed by atoms with Gasteiger partial charge in [-0.1, -0.05) is 23.4 Å². The van der Waals surface area contributed by atoms with Crippen molar-refractivity contribution >= 4 is 15.9 Å². The summed E-state index contributed by atoms with van der Waals surface area (Å²) in [6.45, 7) is 4.32. The summed E-state index contributed by atoms with van der Waals surface area (Å²) in [6.07, 6.45) is 0.467. The van der Waals surface area contributed by atoms with Crippen LogP contribution in [0.25, 0.3) is 0 Å². The predicted octanol–water partition coefficient (Wildman–Crippen LogP) is 1.90. The Morgan fingerprint density at radius 3 is 2.59 bits per heavy atom. The van der Waals surface area contributed by atoms with Crippen LogP contribution in [0.15, 0.2) is 33.7 Å². The van der Waals surface area contributed by atoms with Crippen LogP contribution >= 0.6 is 0 Å². The normalized spacial score (nSPS) is 16.3. The summed E-state index contributed by atoms with van der Waals surface area (Å²) in [6, 6.07) is 6.17. The maximum absolute atomic E-state index is 13.8. The van der Waals surface area contributed by atoms with Gasteiger partial charge in [0.1, 0.15) is 16.4 Å². The molecule has 0 N–H and O–H groups in total. The molecule has 27 heavy (non-hydrogen) atoms. The molecule has 9 heteroatoms. The van der Waals surface area contributed by atoms with Gasteiger partial charge in [0.25, 0.3) is 0 Å². The zero-order chi connectivity index (χ0) is 19.6. The molecule has 0 bridgehead atoms. The maximum atomic E-state index is 13.8. The highest BCUT2D eigenvalue weighted by molar-refractivity contribution is 7.89. The second-order valence-electron chi connectivity index (χ2n) is 6.56. The van der Waals surface area contributed by atoms with Crippen LogP contribution in [0, 0.1) is 19.7 Å². The van der Waals surface area contributed by atoms with Gasteiger partial charge in [-0.25, -0.2) is 12.8 Å². The van der Waals surface area contributed by atoms with E-state index in [9.17, 15) is 17.6 Å². The summed E-state index contributed by atoms with van der Waals surface area (Å²) in [4.78, 5) is 14.2. The van der Waals surface area contributed by atoms with Gasteiger partial charge in [-0.05, 0) is 31.9 Å². The van der Waals surface area contributed by atoms with Crippen molar-refractivity contribution < 1.29 is 22.1 Å². The molecular weight excluding hydrogens is 373 g/mol. The smallest absolute Gasteiger partial charge is 0.248 e. The molecule has 1 aromatic heterocycles. The highest BCUT2D eigenvalue weighted by atomic mass is 32.2. The van der Waals surface area contributed by atoms with Gasteiger partial charge in [0, 0.05) is 26.2 Å². The second-order valence-corrected chi connectivity index (χ2v) is 8.43. The van der Waals surface area contributed by atoms with Crippen LogP contribution in [0.3, 0.4) is 0 Å². The third-order valence-corrected chi connectivity index (χ3v) is 6.82. The van der Waals surface area contributed by atoms with Crippen molar-refractivity contribution in [3.8, 4) is 0 Å². The van der Waals surface area contributed by atoms with Crippen molar-refractivity contribution in [2.45, 2.75) is 31.6 Å². The maximum Gasteiger partial charge on any atom is 0.248 e. The first-order valence-electron chi connectivity index (χ1n) is 8.75. The fourth-order valence-corrected chi connectivity index (χ4v) is 5.03. The molecule has 7 nitrogen and oxygen atoms in total. The Bertz CT molecular complexity index is 922. The lowest BCUT2D eigenvalue weighted by molar-refractivity contribution is -0.130. The van der Waals surface area contributed by atoms with Gasteiger partial charge in [0.15, 0.2) is 5.76 Å². The van der Waals surface area contributed by atoms with Crippen molar-refractivity contribution in [2.75, 3.05) is 26.2 Å². The molecule has 0 atom stereocenters.